The van der Waals surface area contributed by atoms with E-state index in [0.29, 0.717) is 63.9 Å². The molecule has 316 valence electrons. The molecule has 8 N–H and O–H groups in total. The van der Waals surface area contributed by atoms with Gasteiger partial charge in [-0.2, -0.15) is 0 Å². The number of ether oxygens (including phenoxy) is 5. The third-order valence-electron chi connectivity index (χ3n) is 8.57. The smallest absolute Gasteiger partial charge is 0.312 e. The van der Waals surface area contributed by atoms with E-state index in [4.69, 9.17) is 29.4 Å². The van der Waals surface area contributed by atoms with Crippen LogP contribution in [-0.2, 0) is 49.5 Å². The molecular formula is C39H64N6O11. The fraction of sp³-hybridized carbons (Fsp3) is 0.667. The van der Waals surface area contributed by atoms with Crippen LogP contribution < -0.4 is 32.3 Å². The summed E-state index contributed by atoms with van der Waals surface area (Å²) in [7, 11) is 0. The molecule has 1 aliphatic rings. The van der Waals surface area contributed by atoms with Gasteiger partial charge in [-0.05, 0) is 55.7 Å². The average molecular weight is 793 g/mol. The Morgan fingerprint density at radius 1 is 0.786 bits per heavy atom. The first-order valence-electron chi connectivity index (χ1n) is 19.6. The lowest BCUT2D eigenvalue weighted by molar-refractivity contribution is -0.132. The van der Waals surface area contributed by atoms with Crippen LogP contribution in [0.3, 0.4) is 0 Å². The maximum Gasteiger partial charge on any atom is 0.312 e. The number of hydrogen-bond donors (Lipinski definition) is 7. The fourth-order valence-corrected chi connectivity index (χ4v) is 5.44. The zero-order chi connectivity index (χ0) is 40.8. The number of carbonyl (C=O) groups excluding carboxylic acids is 5. The van der Waals surface area contributed by atoms with Crippen LogP contribution in [0.25, 0.3) is 0 Å². The molecule has 1 unspecified atom stereocenters. The first-order chi connectivity index (χ1) is 27.1. The standard InChI is InChI=1S/C39H64N6O11/c1-29(2)36(38(50)44-33(11-8-17-42-39(40)51)37(49)43-31-14-12-30(27-46)13-15-31)45-34(47)16-19-52-21-23-54-25-26-55-24-22-53-20-18-41-35(48)28-56-32-9-6-4-3-5-7-10-32/h6,9,12-15,29,32-33,36,46H,3-5,7-8,10-11,16-28H2,1-2H3,(H,41,48)(H,43,49)(H,44,50)(H,45,47)(H3,40,42,51)/b9-6-/t32?,33-,36-/m0/s1. The lowest BCUT2D eigenvalue weighted by atomic mass is 10.0. The minimum atomic E-state index is -0.968. The topological polar surface area (TPSA) is 238 Å². The van der Waals surface area contributed by atoms with Crippen LogP contribution in [0.4, 0.5) is 10.5 Å². The molecule has 0 heterocycles. The lowest BCUT2D eigenvalue weighted by Crippen LogP contribution is -2.54. The van der Waals surface area contributed by atoms with Gasteiger partial charge >= 0.3 is 6.03 Å². The molecule has 17 nitrogen and oxygen atoms in total. The Labute approximate surface area is 330 Å². The zero-order valence-electron chi connectivity index (χ0n) is 33.0. The number of allylic oxidation sites excluding steroid dienone is 1. The molecule has 1 aliphatic carbocycles. The van der Waals surface area contributed by atoms with Crippen molar-refractivity contribution in [2.75, 3.05) is 77.9 Å². The summed E-state index contributed by atoms with van der Waals surface area (Å²) >= 11 is 0. The molecule has 0 bridgehead atoms. The van der Waals surface area contributed by atoms with Crippen LogP contribution in [0.2, 0.25) is 0 Å². The summed E-state index contributed by atoms with van der Waals surface area (Å²) in [6.45, 7) is 6.63. The normalized spacial score (nSPS) is 15.8. The largest absolute Gasteiger partial charge is 0.392 e. The molecule has 0 aliphatic heterocycles. The summed E-state index contributed by atoms with van der Waals surface area (Å²) in [5, 5.41) is 22.7. The van der Waals surface area contributed by atoms with Crippen molar-refractivity contribution in [3.8, 4) is 0 Å². The summed E-state index contributed by atoms with van der Waals surface area (Å²) in [6, 6.07) is 4.03. The molecule has 2 rings (SSSR count). The van der Waals surface area contributed by atoms with Gasteiger partial charge in [-0.15, -0.1) is 0 Å². The van der Waals surface area contributed by atoms with Gasteiger partial charge in [-0.3, -0.25) is 19.2 Å². The summed E-state index contributed by atoms with van der Waals surface area (Å²) < 4.78 is 27.7. The second-order valence-electron chi connectivity index (χ2n) is 13.6. The summed E-state index contributed by atoms with van der Waals surface area (Å²) in [5.74, 6) is -1.84. The molecule has 0 aromatic heterocycles. The summed E-state index contributed by atoms with van der Waals surface area (Å²) in [4.78, 5) is 62.2. The van der Waals surface area contributed by atoms with Gasteiger partial charge < -0.3 is 61.1 Å². The predicted molar refractivity (Wildman–Crippen MR) is 209 cm³/mol. The fourth-order valence-electron chi connectivity index (χ4n) is 5.44. The van der Waals surface area contributed by atoms with Crippen molar-refractivity contribution in [3.05, 3.63) is 42.0 Å². The molecule has 1 aromatic rings. The molecule has 1 aromatic carbocycles. The minimum absolute atomic E-state index is 0.00357. The van der Waals surface area contributed by atoms with Crippen molar-refractivity contribution in [2.24, 2.45) is 11.7 Å². The summed E-state index contributed by atoms with van der Waals surface area (Å²) in [6.07, 6.45) is 10.3. The molecule has 0 saturated heterocycles. The maximum atomic E-state index is 13.3. The number of rotatable bonds is 29. The molecule has 56 heavy (non-hydrogen) atoms. The van der Waals surface area contributed by atoms with E-state index in [-0.39, 0.29) is 69.7 Å². The molecule has 0 fully saturated rings. The van der Waals surface area contributed by atoms with Crippen LogP contribution in [0, 0.1) is 5.92 Å². The second-order valence-corrected chi connectivity index (χ2v) is 13.6. The van der Waals surface area contributed by atoms with E-state index in [2.05, 4.69) is 38.7 Å². The zero-order valence-corrected chi connectivity index (χ0v) is 33.0. The van der Waals surface area contributed by atoms with Crippen LogP contribution in [0.1, 0.15) is 70.8 Å². The van der Waals surface area contributed by atoms with Gasteiger partial charge in [0.25, 0.3) is 0 Å². The number of benzene rings is 1. The van der Waals surface area contributed by atoms with Crippen molar-refractivity contribution >= 4 is 35.3 Å². The number of nitrogens with one attached hydrogen (secondary N) is 5. The van der Waals surface area contributed by atoms with Crippen molar-refractivity contribution in [3.63, 3.8) is 0 Å². The Hall–Kier alpha value is -4.13. The van der Waals surface area contributed by atoms with E-state index in [1.807, 2.05) is 0 Å². The van der Waals surface area contributed by atoms with Gasteiger partial charge in [0.05, 0.1) is 65.6 Å². The molecular weight excluding hydrogens is 728 g/mol. The van der Waals surface area contributed by atoms with Crippen LogP contribution >= 0.6 is 0 Å². The highest BCUT2D eigenvalue weighted by molar-refractivity contribution is 5.98. The number of primary amides is 1. The number of urea groups is 1. The monoisotopic (exact) mass is 792 g/mol. The Morgan fingerprint density at radius 2 is 1.45 bits per heavy atom. The van der Waals surface area contributed by atoms with Gasteiger partial charge in [-0.1, -0.05) is 51.0 Å². The number of aliphatic hydroxyl groups excluding tert-OH is 1. The first-order valence-corrected chi connectivity index (χ1v) is 19.6. The van der Waals surface area contributed by atoms with E-state index in [9.17, 15) is 29.1 Å². The number of aliphatic hydroxyl groups is 1. The number of hydrogen-bond acceptors (Lipinski definition) is 11. The van der Waals surface area contributed by atoms with Crippen LogP contribution in [-0.4, -0.2) is 126 Å². The highest BCUT2D eigenvalue weighted by Gasteiger charge is 2.29. The van der Waals surface area contributed by atoms with Crippen LogP contribution in [0.15, 0.2) is 36.4 Å². The predicted octanol–water partition coefficient (Wildman–Crippen LogP) is 1.67. The quantitative estimate of drug-likeness (QED) is 0.0455. The maximum absolute atomic E-state index is 13.3. The minimum Gasteiger partial charge on any atom is -0.392 e. The number of carbonyl (C=O) groups is 5. The van der Waals surface area contributed by atoms with Crippen molar-refractivity contribution in [2.45, 2.75) is 90.0 Å². The Kier molecular flexibility index (Phi) is 25.8. The van der Waals surface area contributed by atoms with Crippen LogP contribution in [0.5, 0.6) is 0 Å². The lowest BCUT2D eigenvalue weighted by Gasteiger charge is -2.25. The first kappa shape index (κ1) is 48.0. The van der Waals surface area contributed by atoms with Gasteiger partial charge in [0.1, 0.15) is 18.7 Å². The number of nitrogens with two attached hydrogens (primary N) is 1. The molecule has 17 heteroatoms. The van der Waals surface area contributed by atoms with Gasteiger partial charge in [0, 0.05) is 25.2 Å². The molecule has 0 spiro atoms. The third kappa shape index (κ3) is 23.1. The highest BCUT2D eigenvalue weighted by atomic mass is 16.6. The van der Waals surface area contributed by atoms with E-state index in [1.165, 1.54) is 12.8 Å². The van der Waals surface area contributed by atoms with Gasteiger partial charge in [-0.25, -0.2) is 4.79 Å². The molecule has 3 atom stereocenters. The van der Waals surface area contributed by atoms with E-state index >= 15 is 0 Å². The van der Waals surface area contributed by atoms with E-state index in [0.717, 1.165) is 19.3 Å². The van der Waals surface area contributed by atoms with Gasteiger partial charge in [0.15, 0.2) is 0 Å². The van der Waals surface area contributed by atoms with Crippen molar-refractivity contribution in [1.82, 2.24) is 21.3 Å². The Bertz CT molecular complexity index is 1310. The third-order valence-corrected chi connectivity index (χ3v) is 8.57. The molecule has 0 radical (unpaired) electrons. The van der Waals surface area contributed by atoms with Crippen molar-refractivity contribution in [1.29, 1.82) is 0 Å². The number of amides is 6. The molecule has 0 saturated carbocycles. The highest BCUT2D eigenvalue weighted by Crippen LogP contribution is 2.14. The summed E-state index contributed by atoms with van der Waals surface area (Å²) in [5.41, 5.74) is 6.29. The van der Waals surface area contributed by atoms with E-state index < -0.39 is 29.9 Å². The Morgan fingerprint density at radius 3 is 2.09 bits per heavy atom. The Balaban J connectivity index is 1.55. The van der Waals surface area contributed by atoms with Crippen molar-refractivity contribution < 1.29 is 52.8 Å². The second kappa shape index (κ2) is 30.1. The average Bonchev–Trinajstić information content (AvgIpc) is 3.16. The van der Waals surface area contributed by atoms with E-state index in [1.54, 1.807) is 38.1 Å². The van der Waals surface area contributed by atoms with Gasteiger partial charge in [0.2, 0.25) is 23.6 Å². The number of anilines is 1. The SMILES string of the molecule is CC(C)[C@H](NC(=O)CCOCCOCCOCCOCCNC(=O)COC1/C=C\CCCCC1)C(=O)N[C@@H](CCCNC(N)=O)C(=O)Nc1ccc(CO)cc1. The molecule has 6 amide bonds.